The van der Waals surface area contributed by atoms with Gasteiger partial charge >= 0.3 is 6.09 Å². The van der Waals surface area contributed by atoms with E-state index in [1.54, 1.807) is 50.6 Å². The monoisotopic (exact) mass is 517 g/mol. The van der Waals surface area contributed by atoms with Gasteiger partial charge < -0.3 is 24.8 Å². The summed E-state index contributed by atoms with van der Waals surface area (Å²) in [5.74, 6) is 0.0680. The van der Waals surface area contributed by atoms with Crippen LogP contribution >= 0.6 is 0 Å². The maximum absolute atomic E-state index is 13.2. The number of rotatable bonds is 10. The normalized spacial score (nSPS) is 16.6. The van der Waals surface area contributed by atoms with E-state index >= 15 is 0 Å². The maximum Gasteiger partial charge on any atom is 0.411 e. The quantitative estimate of drug-likeness (QED) is 0.393. The lowest BCUT2D eigenvalue weighted by Gasteiger charge is -2.24. The molecule has 3 aromatic carbocycles. The third-order valence-electron chi connectivity index (χ3n) is 6.26. The van der Waals surface area contributed by atoms with Crippen LogP contribution in [0, 0.1) is 6.92 Å². The predicted molar refractivity (Wildman–Crippen MR) is 142 cm³/mol. The van der Waals surface area contributed by atoms with E-state index in [0.717, 1.165) is 11.1 Å². The second-order valence-electron chi connectivity index (χ2n) is 8.95. The van der Waals surface area contributed by atoms with Crippen molar-refractivity contribution in [1.82, 2.24) is 10.2 Å². The summed E-state index contributed by atoms with van der Waals surface area (Å²) >= 11 is 0. The van der Waals surface area contributed by atoms with E-state index < -0.39 is 18.2 Å². The molecule has 0 bridgehead atoms. The Morgan fingerprint density at radius 1 is 1.00 bits per heavy atom. The van der Waals surface area contributed by atoms with Gasteiger partial charge in [0.25, 0.3) is 5.91 Å². The minimum atomic E-state index is -0.904. The molecule has 0 saturated carbocycles. The molecular weight excluding hydrogens is 486 g/mol. The third-order valence-corrected chi connectivity index (χ3v) is 6.26. The lowest BCUT2D eigenvalue weighted by atomic mass is 10.00. The molecule has 3 amide bonds. The topological polar surface area (TPSA) is 106 Å². The number of methoxy groups -OCH3 is 2. The summed E-state index contributed by atoms with van der Waals surface area (Å²) < 4.78 is 16.0. The summed E-state index contributed by atoms with van der Waals surface area (Å²) in [7, 11) is 3.11. The number of hydrogen-bond donors (Lipinski definition) is 2. The standard InChI is InChI=1S/C29H31N3O6/c1-19-7-9-22(10-8-19)27(33)31-23-13-11-21(12-14-23)26-25(28(34)30-15-16-36-2)32(29(35)38-26)18-20-5-4-6-24(17-20)37-3/h4-14,17,25-26H,15-16,18H2,1-3H3,(H,30,34)(H,31,33). The van der Waals surface area contributed by atoms with Gasteiger partial charge in [-0.2, -0.15) is 0 Å². The molecule has 2 N–H and O–H groups in total. The second kappa shape index (κ2) is 12.2. The van der Waals surface area contributed by atoms with Crippen molar-refractivity contribution in [3.63, 3.8) is 0 Å². The zero-order valence-corrected chi connectivity index (χ0v) is 21.6. The van der Waals surface area contributed by atoms with E-state index in [2.05, 4.69) is 10.6 Å². The van der Waals surface area contributed by atoms with Gasteiger partial charge in [0.2, 0.25) is 5.91 Å². The molecule has 1 fully saturated rings. The summed E-state index contributed by atoms with van der Waals surface area (Å²) in [4.78, 5) is 40.2. The molecule has 1 saturated heterocycles. The lowest BCUT2D eigenvalue weighted by molar-refractivity contribution is -0.126. The summed E-state index contributed by atoms with van der Waals surface area (Å²) in [6.07, 6.45) is -1.43. The molecular formula is C29H31N3O6. The van der Waals surface area contributed by atoms with Crippen molar-refractivity contribution in [3.05, 3.63) is 95.1 Å². The molecule has 198 valence electrons. The van der Waals surface area contributed by atoms with E-state index in [-0.39, 0.29) is 18.4 Å². The maximum atomic E-state index is 13.2. The molecule has 0 aliphatic carbocycles. The fraction of sp³-hybridized carbons (Fsp3) is 0.276. The summed E-state index contributed by atoms with van der Waals surface area (Å²) in [6, 6.07) is 20.6. The van der Waals surface area contributed by atoms with E-state index in [1.807, 2.05) is 43.3 Å². The number of carbonyl (C=O) groups is 3. The van der Waals surface area contributed by atoms with Gasteiger partial charge in [0, 0.05) is 24.9 Å². The summed E-state index contributed by atoms with van der Waals surface area (Å²) in [6.45, 7) is 2.76. The number of benzene rings is 3. The van der Waals surface area contributed by atoms with E-state index in [1.165, 1.54) is 4.90 Å². The molecule has 1 aliphatic rings. The molecule has 9 heteroatoms. The second-order valence-corrected chi connectivity index (χ2v) is 8.95. The number of carbonyl (C=O) groups excluding carboxylic acids is 3. The highest BCUT2D eigenvalue weighted by molar-refractivity contribution is 6.04. The van der Waals surface area contributed by atoms with Gasteiger partial charge in [-0.15, -0.1) is 0 Å². The largest absolute Gasteiger partial charge is 0.497 e. The number of anilines is 1. The van der Waals surface area contributed by atoms with Crippen molar-refractivity contribution >= 4 is 23.6 Å². The minimum Gasteiger partial charge on any atom is -0.497 e. The smallest absolute Gasteiger partial charge is 0.411 e. The summed E-state index contributed by atoms with van der Waals surface area (Å²) in [5, 5.41) is 5.69. The SMILES string of the molecule is COCCNC(=O)C1C(c2ccc(NC(=O)c3ccc(C)cc3)cc2)OC(=O)N1Cc1cccc(OC)c1. The van der Waals surface area contributed by atoms with Crippen molar-refractivity contribution in [2.75, 3.05) is 32.7 Å². The number of ether oxygens (including phenoxy) is 3. The third kappa shape index (κ3) is 6.30. The average molecular weight is 518 g/mol. The molecule has 38 heavy (non-hydrogen) atoms. The Labute approximate surface area is 221 Å². The zero-order valence-electron chi connectivity index (χ0n) is 21.6. The van der Waals surface area contributed by atoms with Crippen LogP contribution in [0.2, 0.25) is 0 Å². The lowest BCUT2D eigenvalue weighted by Crippen LogP contribution is -2.47. The van der Waals surface area contributed by atoms with Crippen LogP contribution in [0.1, 0.15) is 33.2 Å². The number of cyclic esters (lactones) is 1. The molecule has 2 atom stereocenters. The Bertz CT molecular complexity index is 1280. The van der Waals surface area contributed by atoms with Gasteiger partial charge in [-0.25, -0.2) is 4.79 Å². The highest BCUT2D eigenvalue weighted by Crippen LogP contribution is 2.35. The van der Waals surface area contributed by atoms with Crippen LogP contribution < -0.4 is 15.4 Å². The van der Waals surface area contributed by atoms with E-state index in [0.29, 0.717) is 35.7 Å². The molecule has 4 rings (SSSR count). The molecule has 0 aromatic heterocycles. The number of aryl methyl sites for hydroxylation is 1. The Kier molecular flexibility index (Phi) is 8.60. The Hall–Kier alpha value is -4.37. The van der Waals surface area contributed by atoms with Crippen LogP contribution in [0.15, 0.2) is 72.8 Å². The highest BCUT2D eigenvalue weighted by atomic mass is 16.6. The average Bonchev–Trinajstić information content (AvgIpc) is 3.25. The van der Waals surface area contributed by atoms with E-state index in [4.69, 9.17) is 14.2 Å². The fourth-order valence-corrected chi connectivity index (χ4v) is 4.22. The fourth-order valence-electron chi connectivity index (χ4n) is 4.22. The first kappa shape index (κ1) is 26.7. The van der Waals surface area contributed by atoms with Gasteiger partial charge in [-0.05, 0) is 54.4 Å². The Balaban J connectivity index is 1.54. The van der Waals surface area contributed by atoms with Crippen molar-refractivity contribution < 1.29 is 28.6 Å². The van der Waals surface area contributed by atoms with Crippen LogP contribution in [-0.2, 0) is 20.8 Å². The van der Waals surface area contributed by atoms with E-state index in [9.17, 15) is 14.4 Å². The highest BCUT2D eigenvalue weighted by Gasteiger charge is 2.46. The van der Waals surface area contributed by atoms with Crippen LogP contribution in [-0.4, -0.2) is 56.2 Å². The zero-order chi connectivity index (χ0) is 27.1. The van der Waals surface area contributed by atoms with Gasteiger partial charge in [0.15, 0.2) is 12.1 Å². The minimum absolute atomic E-state index is 0.166. The molecule has 1 heterocycles. The number of hydrogen-bond acceptors (Lipinski definition) is 6. The van der Waals surface area contributed by atoms with Gasteiger partial charge in [-0.3, -0.25) is 14.5 Å². The first-order valence-corrected chi connectivity index (χ1v) is 12.2. The Morgan fingerprint density at radius 2 is 1.74 bits per heavy atom. The number of nitrogens with one attached hydrogen (secondary N) is 2. The predicted octanol–water partition coefficient (Wildman–Crippen LogP) is 4.08. The molecule has 1 aliphatic heterocycles. The van der Waals surface area contributed by atoms with Gasteiger partial charge in [0.05, 0.1) is 20.3 Å². The molecule has 0 radical (unpaired) electrons. The number of amides is 3. The van der Waals surface area contributed by atoms with Crippen LogP contribution in [0.3, 0.4) is 0 Å². The van der Waals surface area contributed by atoms with Crippen molar-refractivity contribution in [3.8, 4) is 5.75 Å². The summed E-state index contributed by atoms with van der Waals surface area (Å²) in [5.41, 5.74) is 3.62. The molecule has 3 aromatic rings. The van der Waals surface area contributed by atoms with Crippen LogP contribution in [0.25, 0.3) is 0 Å². The van der Waals surface area contributed by atoms with Crippen LogP contribution in [0.5, 0.6) is 5.75 Å². The first-order valence-electron chi connectivity index (χ1n) is 12.2. The molecule has 2 unspecified atom stereocenters. The van der Waals surface area contributed by atoms with Gasteiger partial charge in [0.1, 0.15) is 5.75 Å². The first-order chi connectivity index (χ1) is 18.4. The van der Waals surface area contributed by atoms with Gasteiger partial charge in [-0.1, -0.05) is 42.0 Å². The van der Waals surface area contributed by atoms with Crippen molar-refractivity contribution in [1.29, 1.82) is 0 Å². The van der Waals surface area contributed by atoms with Crippen molar-refractivity contribution in [2.24, 2.45) is 0 Å². The molecule has 9 nitrogen and oxygen atoms in total. The number of nitrogens with zero attached hydrogens (tertiary/aromatic N) is 1. The Morgan fingerprint density at radius 3 is 2.42 bits per heavy atom. The van der Waals surface area contributed by atoms with Crippen molar-refractivity contribution in [2.45, 2.75) is 25.6 Å². The van der Waals surface area contributed by atoms with Crippen LogP contribution in [0.4, 0.5) is 10.5 Å². The molecule has 0 spiro atoms.